The molecule has 0 aliphatic heterocycles. The van der Waals surface area contributed by atoms with Crippen molar-refractivity contribution in [2.24, 2.45) is 10.9 Å². The zero-order chi connectivity index (χ0) is 13.7. The predicted molar refractivity (Wildman–Crippen MR) is 78.1 cm³/mol. The van der Waals surface area contributed by atoms with Crippen LogP contribution in [0.2, 0.25) is 0 Å². The van der Waals surface area contributed by atoms with Crippen LogP contribution in [0, 0.1) is 3.57 Å². The van der Waals surface area contributed by atoms with E-state index in [4.69, 9.17) is 10.9 Å². The van der Waals surface area contributed by atoms with E-state index in [0.29, 0.717) is 22.4 Å². The molecule has 0 unspecified atom stereocenters. The van der Waals surface area contributed by atoms with Crippen LogP contribution in [0.1, 0.15) is 20.3 Å². The van der Waals surface area contributed by atoms with Gasteiger partial charge in [0.15, 0.2) is 0 Å². The molecule has 0 atom stereocenters. The second kappa shape index (κ2) is 6.57. The van der Waals surface area contributed by atoms with Gasteiger partial charge in [-0.15, -0.1) is 0 Å². The van der Waals surface area contributed by atoms with E-state index in [0.717, 1.165) is 0 Å². The lowest BCUT2D eigenvalue weighted by atomic mass is 10.2. The molecule has 18 heavy (non-hydrogen) atoms. The van der Waals surface area contributed by atoms with E-state index >= 15 is 0 Å². The number of rotatable bonds is 5. The van der Waals surface area contributed by atoms with Crippen LogP contribution in [0.4, 0.5) is 5.82 Å². The van der Waals surface area contributed by atoms with Crippen LogP contribution >= 0.6 is 22.6 Å². The molecule has 0 amide bonds. The molecule has 1 heterocycles. The van der Waals surface area contributed by atoms with Crippen LogP contribution in [-0.2, 0) is 0 Å². The summed E-state index contributed by atoms with van der Waals surface area (Å²) in [5.41, 5.74) is 5.28. The van der Waals surface area contributed by atoms with Crippen LogP contribution in [0.25, 0.3) is 0 Å². The quantitative estimate of drug-likeness (QED) is 0.234. The van der Waals surface area contributed by atoms with Crippen molar-refractivity contribution in [1.82, 2.24) is 9.97 Å². The molecule has 7 nitrogen and oxygen atoms in total. The van der Waals surface area contributed by atoms with Gasteiger partial charge < -0.3 is 20.8 Å². The summed E-state index contributed by atoms with van der Waals surface area (Å²) in [7, 11) is 0. The summed E-state index contributed by atoms with van der Waals surface area (Å²) < 4.78 is 0.531. The number of aromatic nitrogens is 2. The molecule has 0 aromatic carbocycles. The van der Waals surface area contributed by atoms with Crippen LogP contribution in [0.5, 0.6) is 0 Å². The lowest BCUT2D eigenvalue weighted by Crippen LogP contribution is -2.36. The Kier molecular flexibility index (Phi) is 5.38. The van der Waals surface area contributed by atoms with Crippen molar-refractivity contribution in [2.45, 2.75) is 26.3 Å². The summed E-state index contributed by atoms with van der Waals surface area (Å²) in [6.45, 7) is 4.51. The zero-order valence-electron chi connectivity index (χ0n) is 10.2. The van der Waals surface area contributed by atoms with Crippen molar-refractivity contribution in [3.05, 3.63) is 20.3 Å². The van der Waals surface area contributed by atoms with Gasteiger partial charge in [0.05, 0.1) is 6.33 Å². The minimum absolute atomic E-state index is 0.152. The minimum Gasteiger partial charge on any atom is -0.409 e. The Morgan fingerprint density at radius 1 is 1.72 bits per heavy atom. The Morgan fingerprint density at radius 3 is 2.94 bits per heavy atom. The van der Waals surface area contributed by atoms with Gasteiger partial charge in [-0.25, -0.2) is 4.98 Å². The summed E-state index contributed by atoms with van der Waals surface area (Å²) in [6, 6.07) is 0.152. The highest BCUT2D eigenvalue weighted by molar-refractivity contribution is 14.1. The number of nitrogens with two attached hydrogens (primary N) is 1. The molecular formula is C10H16IN5O2. The first kappa shape index (κ1) is 14.7. The predicted octanol–water partition coefficient (Wildman–Crippen LogP) is 0.726. The molecule has 1 rings (SSSR count). The summed E-state index contributed by atoms with van der Waals surface area (Å²) in [5, 5.41) is 11.5. The SMILES string of the molecule is CC(C)N(CCC(N)=NO)c1nc[nH]c(=O)c1I. The molecule has 0 radical (unpaired) electrons. The maximum absolute atomic E-state index is 11.5. The topological polar surface area (TPSA) is 108 Å². The van der Waals surface area contributed by atoms with Crippen LogP contribution in [0.15, 0.2) is 16.3 Å². The van der Waals surface area contributed by atoms with Gasteiger partial charge in [-0.1, -0.05) is 5.16 Å². The van der Waals surface area contributed by atoms with Crippen molar-refractivity contribution in [3.63, 3.8) is 0 Å². The van der Waals surface area contributed by atoms with Crippen molar-refractivity contribution < 1.29 is 5.21 Å². The number of amidine groups is 1. The van der Waals surface area contributed by atoms with Crippen molar-refractivity contribution in [3.8, 4) is 0 Å². The van der Waals surface area contributed by atoms with E-state index < -0.39 is 0 Å². The van der Waals surface area contributed by atoms with Crippen molar-refractivity contribution >= 4 is 34.2 Å². The van der Waals surface area contributed by atoms with Crippen LogP contribution < -0.4 is 16.2 Å². The Hall–Kier alpha value is -1.32. The van der Waals surface area contributed by atoms with Gasteiger partial charge in [0.1, 0.15) is 15.2 Å². The highest BCUT2D eigenvalue weighted by Crippen LogP contribution is 2.18. The molecule has 0 saturated heterocycles. The third kappa shape index (κ3) is 3.59. The van der Waals surface area contributed by atoms with Gasteiger partial charge in [0.2, 0.25) is 0 Å². The first-order chi connectivity index (χ1) is 8.47. The summed E-state index contributed by atoms with van der Waals surface area (Å²) in [6.07, 6.45) is 1.78. The molecule has 0 spiro atoms. The fourth-order valence-electron chi connectivity index (χ4n) is 1.47. The van der Waals surface area contributed by atoms with E-state index in [9.17, 15) is 4.79 Å². The number of nitrogens with one attached hydrogen (secondary N) is 1. The van der Waals surface area contributed by atoms with Gasteiger partial charge in [-0.05, 0) is 36.4 Å². The summed E-state index contributed by atoms with van der Waals surface area (Å²) >= 11 is 1.96. The Bertz CT molecular complexity index is 485. The van der Waals surface area contributed by atoms with E-state index in [-0.39, 0.29) is 17.4 Å². The Labute approximate surface area is 118 Å². The van der Waals surface area contributed by atoms with Gasteiger partial charge >= 0.3 is 0 Å². The first-order valence-electron chi connectivity index (χ1n) is 5.43. The van der Waals surface area contributed by atoms with Crippen LogP contribution in [0.3, 0.4) is 0 Å². The minimum atomic E-state index is -0.171. The number of hydrogen-bond donors (Lipinski definition) is 3. The molecule has 0 fully saturated rings. The van der Waals surface area contributed by atoms with Gasteiger partial charge in [-0.2, -0.15) is 0 Å². The standard InChI is InChI=1S/C10H16IN5O2/c1-6(2)16(4-3-7(12)15-18)9-8(11)10(17)14-5-13-9/h5-6,18H,3-4H2,1-2H3,(H2,12,15)(H,13,14,17). The maximum atomic E-state index is 11.5. The van der Waals surface area contributed by atoms with Crippen molar-refractivity contribution in [1.29, 1.82) is 0 Å². The third-order valence-electron chi connectivity index (χ3n) is 2.41. The molecule has 100 valence electrons. The maximum Gasteiger partial charge on any atom is 0.266 e. The lowest BCUT2D eigenvalue weighted by molar-refractivity contribution is 0.317. The van der Waals surface area contributed by atoms with E-state index in [2.05, 4.69) is 15.1 Å². The number of anilines is 1. The van der Waals surface area contributed by atoms with Crippen molar-refractivity contribution in [2.75, 3.05) is 11.4 Å². The third-order valence-corrected chi connectivity index (χ3v) is 3.38. The highest BCUT2D eigenvalue weighted by Gasteiger charge is 2.17. The molecule has 1 aromatic heterocycles. The molecule has 0 aliphatic carbocycles. The molecule has 0 aliphatic rings. The second-order valence-corrected chi connectivity index (χ2v) is 5.08. The zero-order valence-corrected chi connectivity index (χ0v) is 12.4. The fraction of sp³-hybridized carbons (Fsp3) is 0.500. The largest absolute Gasteiger partial charge is 0.409 e. The van der Waals surface area contributed by atoms with E-state index in [1.54, 1.807) is 0 Å². The lowest BCUT2D eigenvalue weighted by Gasteiger charge is -2.28. The molecule has 0 bridgehead atoms. The van der Waals surface area contributed by atoms with E-state index in [1.807, 2.05) is 41.3 Å². The monoisotopic (exact) mass is 365 g/mol. The van der Waals surface area contributed by atoms with Crippen LogP contribution in [-0.4, -0.2) is 33.6 Å². The van der Waals surface area contributed by atoms with Gasteiger partial charge in [-0.3, -0.25) is 4.79 Å². The molecule has 8 heteroatoms. The average molecular weight is 365 g/mol. The number of hydrogen-bond acceptors (Lipinski definition) is 5. The van der Waals surface area contributed by atoms with E-state index in [1.165, 1.54) is 6.33 Å². The number of halogens is 1. The Balaban J connectivity index is 2.98. The first-order valence-corrected chi connectivity index (χ1v) is 6.51. The molecule has 0 saturated carbocycles. The number of oxime groups is 1. The molecular weight excluding hydrogens is 349 g/mol. The van der Waals surface area contributed by atoms with Gasteiger partial charge in [0, 0.05) is 19.0 Å². The highest BCUT2D eigenvalue weighted by atomic mass is 127. The number of nitrogens with zero attached hydrogens (tertiary/aromatic N) is 3. The summed E-state index contributed by atoms with van der Waals surface area (Å²) in [4.78, 5) is 20.2. The fourth-order valence-corrected chi connectivity index (χ4v) is 2.07. The van der Waals surface area contributed by atoms with Gasteiger partial charge in [0.25, 0.3) is 5.56 Å². The number of H-pyrrole nitrogens is 1. The molecule has 1 aromatic rings. The second-order valence-electron chi connectivity index (χ2n) is 4.00. The normalized spacial score (nSPS) is 11.9. The Morgan fingerprint density at radius 2 is 2.39 bits per heavy atom. The number of aromatic amines is 1. The smallest absolute Gasteiger partial charge is 0.266 e. The summed E-state index contributed by atoms with van der Waals surface area (Å²) in [5.74, 6) is 0.764. The average Bonchev–Trinajstić information content (AvgIpc) is 2.33. The molecule has 4 N–H and O–H groups in total.